The maximum Gasteiger partial charge on any atom is 0.272 e. The summed E-state index contributed by atoms with van der Waals surface area (Å²) in [6, 6.07) is 4.85. The van der Waals surface area contributed by atoms with Crippen molar-refractivity contribution in [3.8, 4) is 11.5 Å². The van der Waals surface area contributed by atoms with Crippen LogP contribution in [0, 0.1) is 15.9 Å². The predicted molar refractivity (Wildman–Crippen MR) is 96.5 cm³/mol. The van der Waals surface area contributed by atoms with Crippen molar-refractivity contribution in [3.05, 3.63) is 52.1 Å². The molecule has 0 aliphatic carbocycles. The van der Waals surface area contributed by atoms with Crippen LogP contribution in [-0.4, -0.2) is 39.1 Å². The summed E-state index contributed by atoms with van der Waals surface area (Å²) in [5, 5.41) is 10.5. The van der Waals surface area contributed by atoms with Gasteiger partial charge in [0.1, 0.15) is 5.75 Å². The number of hydrogen-bond donors (Lipinski definition) is 0. The van der Waals surface area contributed by atoms with Crippen molar-refractivity contribution in [1.82, 2.24) is 9.88 Å². The van der Waals surface area contributed by atoms with Crippen LogP contribution in [0.4, 0.5) is 10.1 Å². The van der Waals surface area contributed by atoms with Gasteiger partial charge in [0.2, 0.25) is 5.91 Å². The van der Waals surface area contributed by atoms with Crippen molar-refractivity contribution >= 4 is 23.4 Å². The second-order valence-electron chi connectivity index (χ2n) is 6.40. The number of amides is 1. The third-order valence-corrected chi connectivity index (χ3v) is 5.95. The van der Waals surface area contributed by atoms with E-state index >= 15 is 0 Å². The highest BCUT2D eigenvalue weighted by Crippen LogP contribution is 2.44. The largest absolute Gasteiger partial charge is 0.453 e. The maximum absolute atomic E-state index is 14.1. The van der Waals surface area contributed by atoms with Crippen LogP contribution in [0.15, 0.2) is 35.4 Å². The fourth-order valence-electron chi connectivity index (χ4n) is 3.27. The Morgan fingerprint density at radius 3 is 2.78 bits per heavy atom. The number of thioether (sulfide) groups is 1. The fourth-order valence-corrected chi connectivity index (χ4v) is 4.54. The zero-order chi connectivity index (χ0) is 19.0. The summed E-state index contributed by atoms with van der Waals surface area (Å²) in [4.78, 5) is 29.6. The summed E-state index contributed by atoms with van der Waals surface area (Å²) in [5.74, 6) is -0.427. The number of likely N-dealkylation sites (tertiary alicyclic amines) is 1. The van der Waals surface area contributed by atoms with Gasteiger partial charge in [0.15, 0.2) is 11.6 Å². The van der Waals surface area contributed by atoms with E-state index in [1.807, 2.05) is 4.90 Å². The maximum atomic E-state index is 14.1. The number of carbonyl (C=O) groups is 1. The van der Waals surface area contributed by atoms with Gasteiger partial charge in [-0.3, -0.25) is 19.9 Å². The Hall–Kier alpha value is -2.68. The van der Waals surface area contributed by atoms with Gasteiger partial charge in [-0.05, 0) is 18.9 Å². The van der Waals surface area contributed by atoms with Crippen LogP contribution in [0.5, 0.6) is 11.5 Å². The second-order valence-corrected chi connectivity index (χ2v) is 7.61. The molecule has 27 heavy (non-hydrogen) atoms. The number of carbonyl (C=O) groups excluding carboxylic acids is 1. The van der Waals surface area contributed by atoms with Crippen LogP contribution < -0.4 is 4.74 Å². The highest BCUT2D eigenvalue weighted by Gasteiger charge is 2.35. The number of ether oxygens (including phenoxy) is 1. The molecule has 1 amide bonds. The molecule has 0 saturated carbocycles. The number of benzene rings is 1. The first-order valence-electron chi connectivity index (χ1n) is 8.58. The number of halogens is 1. The number of pyridine rings is 1. The molecule has 7 nitrogen and oxygen atoms in total. The van der Waals surface area contributed by atoms with E-state index in [2.05, 4.69) is 4.98 Å². The van der Waals surface area contributed by atoms with E-state index in [-0.39, 0.29) is 22.6 Å². The van der Waals surface area contributed by atoms with Crippen LogP contribution in [0.25, 0.3) is 0 Å². The highest BCUT2D eigenvalue weighted by molar-refractivity contribution is 8.01. The van der Waals surface area contributed by atoms with Crippen molar-refractivity contribution in [1.29, 1.82) is 0 Å². The Morgan fingerprint density at radius 1 is 1.30 bits per heavy atom. The first kappa shape index (κ1) is 17.7. The smallest absolute Gasteiger partial charge is 0.272 e. The summed E-state index contributed by atoms with van der Waals surface area (Å²) in [7, 11) is 0. The molecule has 4 rings (SSSR count). The topological polar surface area (TPSA) is 85.6 Å². The van der Waals surface area contributed by atoms with E-state index in [1.165, 1.54) is 23.9 Å². The number of fused-ring (bicyclic) bond motifs is 1. The molecule has 140 valence electrons. The number of rotatable bonds is 4. The molecule has 2 aliphatic rings. The van der Waals surface area contributed by atoms with Crippen LogP contribution in [0.3, 0.4) is 0 Å². The first-order valence-corrected chi connectivity index (χ1v) is 9.46. The molecular formula is C18H16FN3O4S. The number of nitro groups is 1. The lowest BCUT2D eigenvalue weighted by Gasteiger charge is -2.18. The molecule has 1 unspecified atom stereocenters. The molecule has 1 fully saturated rings. The minimum Gasteiger partial charge on any atom is -0.453 e. The van der Waals surface area contributed by atoms with E-state index in [4.69, 9.17) is 4.74 Å². The van der Waals surface area contributed by atoms with Gasteiger partial charge in [0, 0.05) is 37.8 Å². The molecular weight excluding hydrogens is 373 g/mol. The predicted octanol–water partition coefficient (Wildman–Crippen LogP) is 3.56. The lowest BCUT2D eigenvalue weighted by molar-refractivity contribution is -0.385. The van der Waals surface area contributed by atoms with Crippen LogP contribution in [0.1, 0.15) is 18.5 Å². The van der Waals surface area contributed by atoms with Crippen LogP contribution >= 0.6 is 11.8 Å². The third kappa shape index (κ3) is 3.46. The van der Waals surface area contributed by atoms with E-state index in [0.717, 1.165) is 37.7 Å². The van der Waals surface area contributed by atoms with Crippen molar-refractivity contribution < 1.29 is 18.8 Å². The van der Waals surface area contributed by atoms with Gasteiger partial charge in [-0.2, -0.15) is 0 Å². The van der Waals surface area contributed by atoms with Crippen molar-refractivity contribution in [2.75, 3.05) is 13.1 Å². The monoisotopic (exact) mass is 389 g/mol. The first-order chi connectivity index (χ1) is 13.0. The van der Waals surface area contributed by atoms with E-state index in [1.54, 1.807) is 12.3 Å². The zero-order valence-corrected chi connectivity index (χ0v) is 15.1. The van der Waals surface area contributed by atoms with Gasteiger partial charge in [0.25, 0.3) is 5.69 Å². The zero-order valence-electron chi connectivity index (χ0n) is 14.3. The van der Waals surface area contributed by atoms with E-state index < -0.39 is 10.7 Å². The second kappa shape index (κ2) is 7.15. The van der Waals surface area contributed by atoms with Gasteiger partial charge in [0.05, 0.1) is 26.8 Å². The summed E-state index contributed by atoms with van der Waals surface area (Å²) in [6.45, 7) is 1.58. The molecule has 2 aliphatic heterocycles. The molecule has 2 aromatic rings. The lowest BCUT2D eigenvalue weighted by Crippen LogP contribution is -2.35. The van der Waals surface area contributed by atoms with Gasteiger partial charge in [-0.15, -0.1) is 11.8 Å². The van der Waals surface area contributed by atoms with Crippen molar-refractivity contribution in [2.45, 2.75) is 29.4 Å². The number of nitrogens with zero attached hydrogens (tertiary/aromatic N) is 3. The standard InChI is InChI=1S/C18H16FN3O4S/c19-12-9-11(22(24)25)3-4-14(12)26-15-5-6-20-13-10-16(27-17(13)15)18(23)21-7-1-2-8-21/h3-6,9,16H,1-2,7-8,10H2. The Labute approximate surface area is 158 Å². The van der Waals surface area contributed by atoms with Gasteiger partial charge >= 0.3 is 0 Å². The quantitative estimate of drug-likeness (QED) is 0.587. The highest BCUT2D eigenvalue weighted by atomic mass is 32.2. The fraction of sp³-hybridized carbons (Fsp3) is 0.333. The molecule has 1 aromatic heterocycles. The SMILES string of the molecule is O=C(C1Cc2nccc(Oc3ccc([N+](=O)[O-])cc3F)c2S1)N1CCCC1. The van der Waals surface area contributed by atoms with Crippen molar-refractivity contribution in [3.63, 3.8) is 0 Å². The summed E-state index contributed by atoms with van der Waals surface area (Å²) in [5.41, 5.74) is 0.405. The number of hydrogen-bond acceptors (Lipinski definition) is 6. The molecule has 0 radical (unpaired) electrons. The minimum atomic E-state index is -0.817. The third-order valence-electron chi connectivity index (χ3n) is 4.62. The summed E-state index contributed by atoms with van der Waals surface area (Å²) in [6.07, 6.45) is 4.13. The lowest BCUT2D eigenvalue weighted by atomic mass is 10.2. The van der Waals surface area contributed by atoms with E-state index in [0.29, 0.717) is 17.1 Å². The minimum absolute atomic E-state index is 0.1000. The van der Waals surface area contributed by atoms with Crippen LogP contribution in [-0.2, 0) is 11.2 Å². The summed E-state index contributed by atoms with van der Waals surface area (Å²) < 4.78 is 19.8. The molecule has 1 saturated heterocycles. The normalized spacial score (nSPS) is 18.4. The molecule has 0 spiro atoms. The summed E-state index contributed by atoms with van der Waals surface area (Å²) >= 11 is 1.38. The Balaban J connectivity index is 1.55. The molecule has 0 bridgehead atoms. The Morgan fingerprint density at radius 2 is 2.07 bits per heavy atom. The molecule has 3 heterocycles. The van der Waals surface area contributed by atoms with Gasteiger partial charge in [-0.1, -0.05) is 0 Å². The molecule has 1 atom stereocenters. The van der Waals surface area contributed by atoms with Gasteiger partial charge < -0.3 is 9.64 Å². The Kier molecular flexibility index (Phi) is 4.69. The molecule has 1 aromatic carbocycles. The van der Waals surface area contributed by atoms with Crippen molar-refractivity contribution in [2.24, 2.45) is 0 Å². The number of aromatic nitrogens is 1. The molecule has 9 heteroatoms. The Bertz CT molecular complexity index is 917. The molecule has 0 N–H and O–H groups in total. The van der Waals surface area contributed by atoms with E-state index in [9.17, 15) is 19.3 Å². The average Bonchev–Trinajstić information content (AvgIpc) is 3.32. The number of nitro benzene ring substituents is 1. The van der Waals surface area contributed by atoms with Crippen LogP contribution in [0.2, 0.25) is 0 Å². The average molecular weight is 389 g/mol. The number of non-ortho nitro benzene ring substituents is 1. The van der Waals surface area contributed by atoms with Gasteiger partial charge in [-0.25, -0.2) is 4.39 Å².